The monoisotopic (exact) mass is 566 g/mol. The fourth-order valence-electron chi connectivity index (χ4n) is 5.38. The van der Waals surface area contributed by atoms with Crippen LogP contribution >= 0.6 is 0 Å². The Hall–Kier alpha value is -3.21. The van der Waals surface area contributed by atoms with E-state index in [9.17, 15) is 13.2 Å². The third-order valence-electron chi connectivity index (χ3n) is 7.60. The molecular weight excluding hydrogens is 528 g/mol. The number of sulfonamides is 1. The number of aryl methyl sites for hydroxylation is 2. The summed E-state index contributed by atoms with van der Waals surface area (Å²) in [6.07, 6.45) is 5.80. The Bertz CT molecular complexity index is 1420. The quantitative estimate of drug-likeness (QED) is 0.350. The molecule has 1 amide bonds. The zero-order chi connectivity index (χ0) is 28.3. The molecule has 2 heterocycles. The Kier molecular flexibility index (Phi) is 8.58. The average Bonchev–Trinajstić information content (AvgIpc) is 3.40. The molecule has 2 aromatic carbocycles. The standard InChI is InChI=1S/C30H38N4O5S/c1-21-16-26(38-3)17-22(2)29(21)40(36,37)34(25-10-11-25)15-12-28-32-27(20-39-28)30(35)31-18-23-6-8-24(9-7-23)19-33-13-4-5-14-33/h6-9,16-17,20,25H,4-5,10-15,18-19H2,1-3H3,(H,31,35). The second-order valence-electron chi connectivity index (χ2n) is 10.8. The first kappa shape index (κ1) is 28.3. The van der Waals surface area contributed by atoms with Crippen LogP contribution in [0.5, 0.6) is 5.75 Å². The average molecular weight is 567 g/mol. The lowest BCUT2D eigenvalue weighted by Gasteiger charge is -2.24. The van der Waals surface area contributed by atoms with E-state index in [4.69, 9.17) is 9.15 Å². The molecule has 1 aliphatic heterocycles. The highest BCUT2D eigenvalue weighted by atomic mass is 32.2. The Balaban J connectivity index is 1.17. The number of hydrogen-bond donors (Lipinski definition) is 1. The van der Waals surface area contributed by atoms with E-state index >= 15 is 0 Å². The zero-order valence-electron chi connectivity index (χ0n) is 23.5. The van der Waals surface area contributed by atoms with E-state index in [0.29, 0.717) is 34.2 Å². The van der Waals surface area contributed by atoms with Gasteiger partial charge in [-0.15, -0.1) is 0 Å². The van der Waals surface area contributed by atoms with E-state index in [1.54, 1.807) is 37.4 Å². The van der Waals surface area contributed by atoms with Crippen LogP contribution in [0.2, 0.25) is 0 Å². The molecule has 0 radical (unpaired) electrons. The molecule has 214 valence electrons. The second kappa shape index (κ2) is 12.1. The molecule has 1 aliphatic carbocycles. The number of carbonyl (C=O) groups is 1. The summed E-state index contributed by atoms with van der Waals surface area (Å²) in [5.41, 5.74) is 3.77. The molecular formula is C30H38N4O5S. The smallest absolute Gasteiger partial charge is 0.273 e. The van der Waals surface area contributed by atoms with Crippen molar-refractivity contribution in [3.8, 4) is 5.75 Å². The fraction of sp³-hybridized carbons (Fsp3) is 0.467. The number of rotatable bonds is 12. The van der Waals surface area contributed by atoms with Crippen molar-refractivity contribution in [1.82, 2.24) is 19.5 Å². The van der Waals surface area contributed by atoms with Crippen molar-refractivity contribution in [2.45, 2.75) is 70.0 Å². The molecule has 0 atom stereocenters. The molecule has 2 fully saturated rings. The van der Waals surface area contributed by atoms with Gasteiger partial charge in [0.2, 0.25) is 10.0 Å². The normalized spacial score (nSPS) is 16.0. The number of aromatic nitrogens is 1. The number of likely N-dealkylation sites (tertiary alicyclic amines) is 1. The van der Waals surface area contributed by atoms with Crippen molar-refractivity contribution in [3.05, 3.63) is 76.5 Å². The van der Waals surface area contributed by atoms with Crippen LogP contribution in [0, 0.1) is 13.8 Å². The first-order chi connectivity index (χ1) is 19.2. The predicted molar refractivity (Wildman–Crippen MR) is 152 cm³/mol. The lowest BCUT2D eigenvalue weighted by Crippen LogP contribution is -2.35. The SMILES string of the molecule is COc1cc(C)c(S(=O)(=O)N(CCc2nc(C(=O)NCc3ccc(CN4CCCC4)cc3)co2)C2CC2)c(C)c1. The summed E-state index contributed by atoms with van der Waals surface area (Å²) in [6.45, 7) is 7.47. The molecule has 2 aliphatic rings. The summed E-state index contributed by atoms with van der Waals surface area (Å²) in [7, 11) is -2.16. The molecule has 3 aromatic rings. The molecule has 5 rings (SSSR count). The van der Waals surface area contributed by atoms with Crippen molar-refractivity contribution in [2.75, 3.05) is 26.7 Å². The number of nitrogens with one attached hydrogen (secondary N) is 1. The molecule has 1 aromatic heterocycles. The molecule has 1 N–H and O–H groups in total. The summed E-state index contributed by atoms with van der Waals surface area (Å²) in [6, 6.07) is 11.8. The van der Waals surface area contributed by atoms with Gasteiger partial charge in [-0.05, 0) is 87.0 Å². The summed E-state index contributed by atoms with van der Waals surface area (Å²) >= 11 is 0. The van der Waals surface area contributed by atoms with Crippen LogP contribution in [-0.4, -0.2) is 61.3 Å². The predicted octanol–water partition coefficient (Wildman–Crippen LogP) is 4.22. The lowest BCUT2D eigenvalue weighted by molar-refractivity contribution is 0.0946. The molecule has 1 saturated carbocycles. The van der Waals surface area contributed by atoms with E-state index in [1.165, 1.54) is 24.7 Å². The van der Waals surface area contributed by atoms with Crippen LogP contribution < -0.4 is 10.1 Å². The number of hydrogen-bond acceptors (Lipinski definition) is 7. The largest absolute Gasteiger partial charge is 0.497 e. The Morgan fingerprint density at radius 3 is 2.38 bits per heavy atom. The van der Waals surface area contributed by atoms with Gasteiger partial charge in [-0.2, -0.15) is 4.31 Å². The highest BCUT2D eigenvalue weighted by molar-refractivity contribution is 7.89. The maximum atomic E-state index is 13.7. The summed E-state index contributed by atoms with van der Waals surface area (Å²) in [5, 5.41) is 2.89. The maximum absolute atomic E-state index is 13.7. The fourth-order valence-corrected chi connectivity index (χ4v) is 7.49. The van der Waals surface area contributed by atoms with Crippen molar-refractivity contribution in [2.24, 2.45) is 0 Å². The van der Waals surface area contributed by atoms with Crippen LogP contribution in [0.25, 0.3) is 0 Å². The van der Waals surface area contributed by atoms with Gasteiger partial charge in [-0.1, -0.05) is 24.3 Å². The lowest BCUT2D eigenvalue weighted by atomic mass is 10.1. The number of ether oxygens (including phenoxy) is 1. The van der Waals surface area contributed by atoms with E-state index in [1.807, 2.05) is 12.1 Å². The van der Waals surface area contributed by atoms with Crippen LogP contribution in [0.15, 0.2) is 52.0 Å². The number of benzene rings is 2. The minimum Gasteiger partial charge on any atom is -0.497 e. The number of amides is 1. The topological polar surface area (TPSA) is 105 Å². The van der Waals surface area contributed by atoms with Crippen molar-refractivity contribution in [1.29, 1.82) is 0 Å². The second-order valence-corrected chi connectivity index (χ2v) is 12.6. The first-order valence-electron chi connectivity index (χ1n) is 13.9. The van der Waals surface area contributed by atoms with Crippen LogP contribution in [0.1, 0.15) is 64.3 Å². The van der Waals surface area contributed by atoms with Gasteiger partial charge in [0.25, 0.3) is 5.91 Å². The number of oxazole rings is 1. The van der Waals surface area contributed by atoms with Gasteiger partial charge in [0.05, 0.1) is 12.0 Å². The van der Waals surface area contributed by atoms with Gasteiger partial charge in [0, 0.05) is 32.1 Å². The van der Waals surface area contributed by atoms with Crippen molar-refractivity contribution >= 4 is 15.9 Å². The van der Waals surface area contributed by atoms with Crippen molar-refractivity contribution < 1.29 is 22.4 Å². The zero-order valence-corrected chi connectivity index (χ0v) is 24.3. The van der Waals surface area contributed by atoms with Gasteiger partial charge in [0.1, 0.15) is 12.0 Å². The molecule has 10 heteroatoms. The molecule has 40 heavy (non-hydrogen) atoms. The third-order valence-corrected chi connectivity index (χ3v) is 9.86. The highest BCUT2D eigenvalue weighted by Crippen LogP contribution is 2.35. The van der Waals surface area contributed by atoms with Crippen LogP contribution in [0.4, 0.5) is 0 Å². The van der Waals surface area contributed by atoms with Gasteiger partial charge >= 0.3 is 0 Å². The first-order valence-corrected chi connectivity index (χ1v) is 15.4. The van der Waals surface area contributed by atoms with E-state index in [0.717, 1.165) is 38.0 Å². The van der Waals surface area contributed by atoms with E-state index < -0.39 is 10.0 Å². The van der Waals surface area contributed by atoms with E-state index in [-0.39, 0.29) is 30.6 Å². The van der Waals surface area contributed by atoms with Gasteiger partial charge in [0.15, 0.2) is 11.6 Å². The van der Waals surface area contributed by atoms with E-state index in [2.05, 4.69) is 27.3 Å². The summed E-state index contributed by atoms with van der Waals surface area (Å²) < 4.78 is 39.8. The maximum Gasteiger partial charge on any atom is 0.273 e. The highest BCUT2D eigenvalue weighted by Gasteiger charge is 2.39. The number of nitrogens with zero attached hydrogens (tertiary/aromatic N) is 3. The number of carbonyl (C=O) groups excluding carboxylic acids is 1. The van der Waals surface area contributed by atoms with Crippen LogP contribution in [0.3, 0.4) is 0 Å². The molecule has 1 saturated heterocycles. The van der Waals surface area contributed by atoms with Crippen molar-refractivity contribution in [3.63, 3.8) is 0 Å². The Morgan fingerprint density at radius 1 is 1.10 bits per heavy atom. The molecule has 0 unspecified atom stereocenters. The molecule has 0 spiro atoms. The number of methoxy groups -OCH3 is 1. The Morgan fingerprint density at radius 2 is 1.75 bits per heavy atom. The van der Waals surface area contributed by atoms with Gasteiger partial charge in [-0.3, -0.25) is 9.69 Å². The van der Waals surface area contributed by atoms with Crippen LogP contribution in [-0.2, 0) is 29.5 Å². The minimum absolute atomic E-state index is 0.0367. The molecule has 9 nitrogen and oxygen atoms in total. The summed E-state index contributed by atoms with van der Waals surface area (Å²) in [4.78, 5) is 19.8. The van der Waals surface area contributed by atoms with Gasteiger partial charge in [-0.25, -0.2) is 13.4 Å². The summed E-state index contributed by atoms with van der Waals surface area (Å²) in [5.74, 6) is 0.639. The molecule has 0 bridgehead atoms. The minimum atomic E-state index is -3.73. The Labute approximate surface area is 236 Å². The van der Waals surface area contributed by atoms with Gasteiger partial charge < -0.3 is 14.5 Å². The third kappa shape index (κ3) is 6.56.